The molecule has 0 aliphatic carbocycles. The maximum atomic E-state index is 13.6. The fraction of sp³-hybridized carbons (Fsp3) is 0.231. The number of rotatable bonds is 3. The summed E-state index contributed by atoms with van der Waals surface area (Å²) < 4.78 is 15.5. The molecule has 16 heavy (non-hydrogen) atoms. The smallest absolute Gasteiger partial charge is 0.132 e. The highest BCUT2D eigenvalue weighted by molar-refractivity contribution is 5.61. The van der Waals surface area contributed by atoms with Gasteiger partial charge in [-0.2, -0.15) is 0 Å². The Balaban J connectivity index is 2.52. The molecular weight excluding hydrogens is 205 g/mol. The van der Waals surface area contributed by atoms with E-state index in [-0.39, 0.29) is 12.4 Å². The summed E-state index contributed by atoms with van der Waals surface area (Å²) >= 11 is 0. The molecule has 0 spiro atoms. The molecule has 0 atom stereocenters. The molecule has 0 unspecified atom stereocenters. The first-order valence-corrected chi connectivity index (χ1v) is 5.26. The summed E-state index contributed by atoms with van der Waals surface area (Å²) in [6.07, 6.45) is 0. The Morgan fingerprint density at radius 2 is 1.94 bits per heavy atom. The number of hydrogen-bond acceptors (Lipinski definition) is 1. The molecule has 3 heteroatoms. The normalized spacial score (nSPS) is 10.7. The largest absolute Gasteiger partial charge is 0.395 e. The minimum Gasteiger partial charge on any atom is -0.395 e. The number of aryl methyl sites for hydroxylation is 1. The zero-order valence-corrected chi connectivity index (χ0v) is 9.15. The molecule has 0 bridgehead atoms. The lowest BCUT2D eigenvalue weighted by atomic mass is 10.1. The molecule has 1 aromatic carbocycles. The van der Waals surface area contributed by atoms with E-state index >= 15 is 0 Å². The first-order chi connectivity index (χ1) is 7.74. The molecule has 0 saturated carbocycles. The molecule has 1 aromatic heterocycles. The maximum absolute atomic E-state index is 13.6. The predicted molar refractivity (Wildman–Crippen MR) is 61.6 cm³/mol. The van der Waals surface area contributed by atoms with Crippen molar-refractivity contribution >= 4 is 0 Å². The molecule has 0 aliphatic rings. The predicted octanol–water partition coefficient (Wildman–Crippen LogP) is 2.59. The molecule has 2 rings (SSSR count). The summed E-state index contributed by atoms with van der Waals surface area (Å²) in [5.41, 5.74) is 2.40. The van der Waals surface area contributed by atoms with Gasteiger partial charge in [0.25, 0.3) is 0 Å². The monoisotopic (exact) mass is 219 g/mol. The van der Waals surface area contributed by atoms with Crippen LogP contribution < -0.4 is 0 Å². The molecule has 0 saturated heterocycles. The first kappa shape index (κ1) is 10.9. The molecule has 1 heterocycles. The molecule has 2 aromatic rings. The van der Waals surface area contributed by atoms with Crippen LogP contribution >= 0.6 is 0 Å². The third-order valence-corrected chi connectivity index (χ3v) is 2.67. The number of aromatic nitrogens is 1. The van der Waals surface area contributed by atoms with E-state index in [9.17, 15) is 4.39 Å². The summed E-state index contributed by atoms with van der Waals surface area (Å²) in [5.74, 6) is -0.236. The third kappa shape index (κ3) is 1.86. The van der Waals surface area contributed by atoms with Gasteiger partial charge in [-0.05, 0) is 31.2 Å². The van der Waals surface area contributed by atoms with Crippen molar-refractivity contribution in [2.24, 2.45) is 0 Å². The van der Waals surface area contributed by atoms with Crippen molar-refractivity contribution in [1.29, 1.82) is 0 Å². The zero-order valence-electron chi connectivity index (χ0n) is 9.15. The number of benzene rings is 1. The average molecular weight is 219 g/mol. The van der Waals surface area contributed by atoms with Gasteiger partial charge in [-0.1, -0.05) is 12.1 Å². The van der Waals surface area contributed by atoms with Gasteiger partial charge in [0.1, 0.15) is 5.82 Å². The van der Waals surface area contributed by atoms with Crippen LogP contribution in [0.5, 0.6) is 0 Å². The van der Waals surface area contributed by atoms with Crippen molar-refractivity contribution in [2.45, 2.75) is 13.5 Å². The van der Waals surface area contributed by atoms with Crippen molar-refractivity contribution in [2.75, 3.05) is 6.61 Å². The molecule has 84 valence electrons. The van der Waals surface area contributed by atoms with Crippen LogP contribution in [0.2, 0.25) is 0 Å². The van der Waals surface area contributed by atoms with Crippen molar-refractivity contribution in [3.05, 3.63) is 47.9 Å². The fourth-order valence-electron chi connectivity index (χ4n) is 1.87. The minimum atomic E-state index is -0.236. The summed E-state index contributed by atoms with van der Waals surface area (Å²) in [6.45, 7) is 2.49. The second-order valence-corrected chi connectivity index (χ2v) is 3.72. The van der Waals surface area contributed by atoms with Crippen LogP contribution in [0, 0.1) is 12.7 Å². The Kier molecular flexibility index (Phi) is 3.06. The Labute approximate surface area is 94.0 Å². The van der Waals surface area contributed by atoms with Crippen LogP contribution in [0.3, 0.4) is 0 Å². The Morgan fingerprint density at radius 1 is 1.19 bits per heavy atom. The van der Waals surface area contributed by atoms with Crippen molar-refractivity contribution < 1.29 is 9.50 Å². The lowest BCUT2D eigenvalue weighted by molar-refractivity contribution is 0.276. The van der Waals surface area contributed by atoms with Gasteiger partial charge in [-0.3, -0.25) is 0 Å². The Morgan fingerprint density at radius 3 is 2.62 bits per heavy atom. The number of aliphatic hydroxyl groups excluding tert-OH is 1. The zero-order chi connectivity index (χ0) is 11.5. The molecule has 0 aliphatic heterocycles. The summed E-state index contributed by atoms with van der Waals surface area (Å²) in [4.78, 5) is 0. The van der Waals surface area contributed by atoms with E-state index in [0.717, 1.165) is 11.4 Å². The van der Waals surface area contributed by atoms with Gasteiger partial charge in [-0.15, -0.1) is 0 Å². The topological polar surface area (TPSA) is 25.2 Å². The highest BCUT2D eigenvalue weighted by Crippen LogP contribution is 2.24. The maximum Gasteiger partial charge on any atom is 0.132 e. The first-order valence-electron chi connectivity index (χ1n) is 5.26. The van der Waals surface area contributed by atoms with Crippen LogP contribution in [-0.4, -0.2) is 16.3 Å². The fourth-order valence-corrected chi connectivity index (χ4v) is 1.87. The molecule has 2 nitrogen and oxygen atoms in total. The van der Waals surface area contributed by atoms with Gasteiger partial charge in [-0.25, -0.2) is 4.39 Å². The lowest BCUT2D eigenvalue weighted by Gasteiger charge is -2.10. The lowest BCUT2D eigenvalue weighted by Crippen LogP contribution is -2.06. The van der Waals surface area contributed by atoms with Crippen LogP contribution in [0.4, 0.5) is 4.39 Å². The number of aliphatic hydroxyl groups is 1. The number of nitrogens with zero attached hydrogens (tertiary/aromatic N) is 1. The van der Waals surface area contributed by atoms with Crippen LogP contribution in [-0.2, 0) is 6.54 Å². The number of hydrogen-bond donors (Lipinski definition) is 1. The van der Waals surface area contributed by atoms with Crippen LogP contribution in [0.25, 0.3) is 11.3 Å². The van der Waals surface area contributed by atoms with E-state index in [4.69, 9.17) is 5.11 Å². The minimum absolute atomic E-state index is 0.0526. The van der Waals surface area contributed by atoms with E-state index < -0.39 is 0 Å². The van der Waals surface area contributed by atoms with E-state index in [1.165, 1.54) is 6.07 Å². The molecular formula is C13H14FNO. The molecule has 1 N–H and O–H groups in total. The van der Waals surface area contributed by atoms with Crippen molar-refractivity contribution in [1.82, 2.24) is 4.57 Å². The Hall–Kier alpha value is -1.61. The molecule has 0 fully saturated rings. The Bertz CT molecular complexity index is 490. The third-order valence-electron chi connectivity index (χ3n) is 2.67. The molecule has 0 amide bonds. The van der Waals surface area contributed by atoms with Gasteiger partial charge in [0.15, 0.2) is 0 Å². The van der Waals surface area contributed by atoms with Gasteiger partial charge >= 0.3 is 0 Å². The van der Waals surface area contributed by atoms with Gasteiger partial charge in [0, 0.05) is 17.8 Å². The van der Waals surface area contributed by atoms with Gasteiger partial charge in [0.05, 0.1) is 12.3 Å². The SMILES string of the molecule is Cc1ccc(-c2ccccc2F)n1CCO. The van der Waals surface area contributed by atoms with Crippen molar-refractivity contribution in [3.63, 3.8) is 0 Å². The van der Waals surface area contributed by atoms with Crippen LogP contribution in [0.1, 0.15) is 5.69 Å². The number of halogens is 1. The summed E-state index contributed by atoms with van der Waals surface area (Å²) in [7, 11) is 0. The van der Waals surface area contributed by atoms with E-state index in [1.807, 2.05) is 29.7 Å². The highest BCUT2D eigenvalue weighted by atomic mass is 19.1. The van der Waals surface area contributed by atoms with E-state index in [2.05, 4.69) is 0 Å². The molecule has 0 radical (unpaired) electrons. The second kappa shape index (κ2) is 4.49. The quantitative estimate of drug-likeness (QED) is 0.843. The second-order valence-electron chi connectivity index (χ2n) is 3.72. The highest BCUT2D eigenvalue weighted by Gasteiger charge is 2.10. The summed E-state index contributed by atoms with van der Waals surface area (Å²) in [6, 6.07) is 10.5. The van der Waals surface area contributed by atoms with Crippen molar-refractivity contribution in [3.8, 4) is 11.3 Å². The van der Waals surface area contributed by atoms with E-state index in [0.29, 0.717) is 12.1 Å². The average Bonchev–Trinajstić information content (AvgIpc) is 2.62. The standard InChI is InChI=1S/C13H14FNO/c1-10-6-7-13(15(10)8-9-16)11-4-2-3-5-12(11)14/h2-7,16H,8-9H2,1H3. The van der Waals surface area contributed by atoms with Gasteiger partial charge in [0.2, 0.25) is 0 Å². The van der Waals surface area contributed by atoms with E-state index in [1.54, 1.807) is 12.1 Å². The van der Waals surface area contributed by atoms with Crippen LogP contribution in [0.15, 0.2) is 36.4 Å². The van der Waals surface area contributed by atoms with Gasteiger partial charge < -0.3 is 9.67 Å². The summed E-state index contributed by atoms with van der Waals surface area (Å²) in [5, 5.41) is 8.99.